The fourth-order valence-corrected chi connectivity index (χ4v) is 2.07. The van der Waals surface area contributed by atoms with Crippen LogP contribution in [0.5, 0.6) is 0 Å². The van der Waals surface area contributed by atoms with E-state index < -0.39 is 0 Å². The van der Waals surface area contributed by atoms with Crippen LogP contribution in [0.15, 0.2) is 0 Å². The minimum Gasteiger partial charge on any atom is -0.391 e. The summed E-state index contributed by atoms with van der Waals surface area (Å²) in [5.74, 6) is 1.22. The van der Waals surface area contributed by atoms with Gasteiger partial charge in [-0.3, -0.25) is 4.57 Å². The molecule has 0 saturated carbocycles. The lowest BCUT2D eigenvalue weighted by Gasteiger charge is -2.31. The quantitative estimate of drug-likeness (QED) is 0.745. The van der Waals surface area contributed by atoms with Crippen LogP contribution >= 0.6 is 0 Å². The lowest BCUT2D eigenvalue weighted by Crippen LogP contribution is -2.45. The number of piperazine rings is 1. The highest BCUT2D eigenvalue weighted by molar-refractivity contribution is 5.52. The molecule has 0 aliphatic carbocycles. The summed E-state index contributed by atoms with van der Waals surface area (Å²) in [5, 5.41) is 9.18. The molecule has 0 amide bonds. The third-order valence-electron chi connectivity index (χ3n) is 3.15. The van der Waals surface area contributed by atoms with E-state index in [1.807, 2.05) is 7.05 Å². The Morgan fingerprint density at radius 1 is 1.29 bits per heavy atom. The van der Waals surface area contributed by atoms with Gasteiger partial charge in [0.2, 0.25) is 0 Å². The molecule has 92 valence electrons. The van der Waals surface area contributed by atoms with Crippen molar-refractivity contribution in [2.45, 2.75) is 6.61 Å². The van der Waals surface area contributed by atoms with Gasteiger partial charge in [-0.15, -0.1) is 0 Å². The zero-order valence-corrected chi connectivity index (χ0v) is 10.2. The Morgan fingerprint density at radius 2 is 1.94 bits per heavy atom. The number of hydrogen-bond acceptors (Lipinski definition) is 4. The predicted octanol–water partition coefficient (Wildman–Crippen LogP) is 0.215. The number of anilines is 1. The van der Waals surface area contributed by atoms with Crippen molar-refractivity contribution in [3.63, 3.8) is 0 Å². The molecule has 0 aromatic carbocycles. The van der Waals surface area contributed by atoms with Crippen LogP contribution in [0, 0.1) is 6.57 Å². The van der Waals surface area contributed by atoms with Crippen molar-refractivity contribution in [2.24, 2.45) is 7.05 Å². The number of aliphatic hydroxyl groups excluding tert-OH is 1. The maximum Gasteiger partial charge on any atom is 0.280 e. The van der Waals surface area contributed by atoms with Crippen molar-refractivity contribution < 1.29 is 5.11 Å². The lowest BCUT2D eigenvalue weighted by atomic mass is 10.3. The highest BCUT2D eigenvalue weighted by Crippen LogP contribution is 2.25. The largest absolute Gasteiger partial charge is 0.391 e. The van der Waals surface area contributed by atoms with Gasteiger partial charge >= 0.3 is 0 Å². The van der Waals surface area contributed by atoms with Crippen LogP contribution in [0.3, 0.4) is 0 Å². The van der Waals surface area contributed by atoms with E-state index in [-0.39, 0.29) is 6.61 Å². The molecule has 1 aromatic rings. The van der Waals surface area contributed by atoms with E-state index >= 15 is 0 Å². The first-order valence-corrected chi connectivity index (χ1v) is 5.64. The third-order valence-corrected chi connectivity index (χ3v) is 3.15. The molecule has 2 heterocycles. The van der Waals surface area contributed by atoms with E-state index in [1.54, 1.807) is 4.57 Å². The van der Waals surface area contributed by atoms with Gasteiger partial charge in [0.05, 0.1) is 19.3 Å². The molecule has 1 fully saturated rings. The summed E-state index contributed by atoms with van der Waals surface area (Å²) in [6, 6.07) is 0. The molecule has 6 heteroatoms. The standard InChI is InChI=1S/C11H17N5O/c1-12-10-9(8-17)13-11(15(10)3)16-6-4-14(2)5-7-16/h17H,4-8H2,2-3H3. The van der Waals surface area contributed by atoms with Crippen molar-refractivity contribution in [3.05, 3.63) is 17.1 Å². The number of aromatic nitrogens is 2. The van der Waals surface area contributed by atoms with Crippen LogP contribution in [0.1, 0.15) is 5.69 Å². The maximum atomic E-state index is 9.18. The van der Waals surface area contributed by atoms with E-state index in [1.165, 1.54) is 0 Å². The van der Waals surface area contributed by atoms with Gasteiger partial charge < -0.3 is 19.8 Å². The summed E-state index contributed by atoms with van der Waals surface area (Å²) in [4.78, 5) is 12.2. The predicted molar refractivity (Wildman–Crippen MR) is 65.1 cm³/mol. The fourth-order valence-electron chi connectivity index (χ4n) is 2.07. The number of likely N-dealkylation sites (N-methyl/N-ethyl adjacent to an activating group) is 1. The van der Waals surface area contributed by atoms with Gasteiger partial charge in [0.15, 0.2) is 0 Å². The van der Waals surface area contributed by atoms with Gasteiger partial charge in [-0.1, -0.05) is 6.57 Å². The van der Waals surface area contributed by atoms with E-state index in [0.717, 1.165) is 32.1 Å². The fraction of sp³-hybridized carbons (Fsp3) is 0.636. The molecule has 0 radical (unpaired) electrons. The van der Waals surface area contributed by atoms with Gasteiger partial charge in [-0.05, 0) is 7.05 Å². The van der Waals surface area contributed by atoms with Crippen LogP contribution in [-0.4, -0.2) is 52.8 Å². The summed E-state index contributed by atoms with van der Waals surface area (Å²) >= 11 is 0. The molecule has 1 aliphatic rings. The van der Waals surface area contributed by atoms with E-state index in [4.69, 9.17) is 6.57 Å². The molecule has 0 bridgehead atoms. The van der Waals surface area contributed by atoms with E-state index in [2.05, 4.69) is 26.7 Å². The van der Waals surface area contributed by atoms with Crippen molar-refractivity contribution in [1.29, 1.82) is 0 Å². The molecule has 1 N–H and O–H groups in total. The molecule has 1 aromatic heterocycles. The zero-order valence-electron chi connectivity index (χ0n) is 10.2. The Morgan fingerprint density at radius 3 is 2.41 bits per heavy atom. The van der Waals surface area contributed by atoms with Crippen molar-refractivity contribution >= 4 is 11.8 Å². The first kappa shape index (κ1) is 11.9. The first-order valence-electron chi connectivity index (χ1n) is 5.64. The van der Waals surface area contributed by atoms with Gasteiger partial charge in [-0.25, -0.2) is 4.98 Å². The van der Waals surface area contributed by atoms with Crippen LogP contribution in [0.4, 0.5) is 11.8 Å². The Balaban J connectivity index is 2.27. The summed E-state index contributed by atoms with van der Waals surface area (Å²) in [5.41, 5.74) is 0.469. The highest BCUT2D eigenvalue weighted by atomic mass is 16.3. The minimum absolute atomic E-state index is 0.181. The molecular weight excluding hydrogens is 218 g/mol. The Kier molecular flexibility index (Phi) is 3.31. The smallest absolute Gasteiger partial charge is 0.280 e. The average molecular weight is 235 g/mol. The molecule has 6 nitrogen and oxygen atoms in total. The summed E-state index contributed by atoms with van der Waals surface area (Å²) in [6.07, 6.45) is 0. The van der Waals surface area contributed by atoms with Crippen molar-refractivity contribution in [3.8, 4) is 0 Å². The second-order valence-corrected chi connectivity index (χ2v) is 4.30. The van der Waals surface area contributed by atoms with Crippen LogP contribution in [0.25, 0.3) is 4.85 Å². The molecule has 0 unspecified atom stereocenters. The van der Waals surface area contributed by atoms with Gasteiger partial charge in [0, 0.05) is 26.2 Å². The first-order chi connectivity index (χ1) is 8.17. The van der Waals surface area contributed by atoms with Crippen LogP contribution in [-0.2, 0) is 13.7 Å². The number of rotatable bonds is 2. The number of nitrogens with zero attached hydrogens (tertiary/aromatic N) is 5. The molecular formula is C11H17N5O. The molecule has 0 atom stereocenters. The summed E-state index contributed by atoms with van der Waals surface area (Å²) in [6.45, 7) is 10.7. The zero-order chi connectivity index (χ0) is 12.4. The molecule has 17 heavy (non-hydrogen) atoms. The van der Waals surface area contributed by atoms with Gasteiger partial charge in [0.25, 0.3) is 11.8 Å². The van der Waals surface area contributed by atoms with Gasteiger partial charge in [-0.2, -0.15) is 0 Å². The topological polar surface area (TPSA) is 48.9 Å². The Labute approximate surface area is 101 Å². The minimum atomic E-state index is -0.181. The second-order valence-electron chi connectivity index (χ2n) is 4.30. The molecule has 0 spiro atoms. The molecule has 1 aliphatic heterocycles. The number of hydrogen-bond donors (Lipinski definition) is 1. The van der Waals surface area contributed by atoms with Crippen LogP contribution < -0.4 is 4.90 Å². The van der Waals surface area contributed by atoms with E-state index in [0.29, 0.717) is 11.5 Å². The molecule has 1 saturated heterocycles. The normalized spacial score (nSPS) is 17.2. The van der Waals surface area contributed by atoms with Gasteiger partial charge in [0.1, 0.15) is 0 Å². The van der Waals surface area contributed by atoms with Crippen LogP contribution in [0.2, 0.25) is 0 Å². The maximum absolute atomic E-state index is 9.18. The third kappa shape index (κ3) is 2.12. The lowest BCUT2D eigenvalue weighted by molar-refractivity contribution is 0.278. The SMILES string of the molecule is [C-]#[N+]c1c(CO)nc(N2CCN(C)CC2)n1C. The second kappa shape index (κ2) is 4.73. The van der Waals surface area contributed by atoms with Crippen molar-refractivity contribution in [2.75, 3.05) is 38.1 Å². The van der Waals surface area contributed by atoms with E-state index in [9.17, 15) is 5.11 Å². The number of aliphatic hydroxyl groups is 1. The Hall–Kier alpha value is -1.58. The summed E-state index contributed by atoms with van der Waals surface area (Å²) < 4.78 is 1.77. The van der Waals surface area contributed by atoms with Crippen molar-refractivity contribution in [1.82, 2.24) is 14.5 Å². The monoisotopic (exact) mass is 235 g/mol. The summed E-state index contributed by atoms with van der Waals surface area (Å²) in [7, 11) is 3.92. The Bertz CT molecular complexity index is 439. The average Bonchev–Trinajstić information content (AvgIpc) is 2.66. The highest BCUT2D eigenvalue weighted by Gasteiger charge is 2.23. The molecule has 2 rings (SSSR count). The number of imidazole rings is 1.